The Morgan fingerprint density at radius 2 is 2.00 bits per heavy atom. The molecule has 2 aromatic rings. The van der Waals surface area contributed by atoms with Gasteiger partial charge in [-0.05, 0) is 37.1 Å². The monoisotopic (exact) mass is 189 g/mol. The van der Waals surface area contributed by atoms with Gasteiger partial charge >= 0.3 is 0 Å². The van der Waals surface area contributed by atoms with Gasteiger partial charge in [0.25, 0.3) is 0 Å². The van der Waals surface area contributed by atoms with E-state index in [1.165, 1.54) is 6.07 Å². The van der Waals surface area contributed by atoms with Gasteiger partial charge in [-0.1, -0.05) is 13.0 Å². The summed E-state index contributed by atoms with van der Waals surface area (Å²) in [5.74, 6) is -0.163. The van der Waals surface area contributed by atoms with Crippen molar-refractivity contribution in [3.05, 3.63) is 41.3 Å². The highest BCUT2D eigenvalue weighted by atomic mass is 19.1. The summed E-state index contributed by atoms with van der Waals surface area (Å²) in [6, 6.07) is 7.11. The summed E-state index contributed by atoms with van der Waals surface area (Å²) < 4.78 is 13.2. The van der Waals surface area contributed by atoms with Crippen LogP contribution < -0.4 is 0 Å². The molecule has 0 saturated carbocycles. The molecule has 0 N–H and O–H groups in total. The summed E-state index contributed by atoms with van der Waals surface area (Å²) in [5, 5.41) is 0.905. The fourth-order valence-electron chi connectivity index (χ4n) is 1.56. The highest BCUT2D eigenvalue weighted by Crippen LogP contribution is 2.19. The lowest BCUT2D eigenvalue weighted by molar-refractivity contribution is 0.621. The van der Waals surface area contributed by atoms with E-state index in [4.69, 9.17) is 0 Å². The minimum absolute atomic E-state index is 0.163. The van der Waals surface area contributed by atoms with Crippen molar-refractivity contribution in [2.75, 3.05) is 0 Å². The summed E-state index contributed by atoms with van der Waals surface area (Å²) in [6.07, 6.45) is 0.909. The second kappa shape index (κ2) is 3.37. The molecule has 0 radical (unpaired) electrons. The van der Waals surface area contributed by atoms with Crippen molar-refractivity contribution in [2.45, 2.75) is 20.3 Å². The molecule has 0 fully saturated rings. The molecule has 1 aromatic carbocycles. The van der Waals surface area contributed by atoms with Crippen LogP contribution in [0.15, 0.2) is 24.3 Å². The maximum atomic E-state index is 13.2. The zero-order valence-corrected chi connectivity index (χ0v) is 8.34. The Hall–Kier alpha value is -1.44. The fourth-order valence-corrected chi connectivity index (χ4v) is 1.56. The Morgan fingerprint density at radius 3 is 2.71 bits per heavy atom. The third-order valence-corrected chi connectivity index (χ3v) is 2.49. The van der Waals surface area contributed by atoms with Crippen molar-refractivity contribution in [1.82, 2.24) is 4.98 Å². The number of hydrogen-bond acceptors (Lipinski definition) is 1. The molecule has 0 aliphatic heterocycles. The van der Waals surface area contributed by atoms with Crippen LogP contribution in [0.3, 0.4) is 0 Å². The summed E-state index contributed by atoms with van der Waals surface area (Å²) in [6.45, 7) is 3.84. The van der Waals surface area contributed by atoms with Crippen molar-refractivity contribution in [3.63, 3.8) is 0 Å². The van der Waals surface area contributed by atoms with E-state index in [1.807, 2.05) is 12.1 Å². The molecule has 0 aliphatic rings. The van der Waals surface area contributed by atoms with Gasteiger partial charge in [-0.25, -0.2) is 4.39 Å². The first-order chi connectivity index (χ1) is 6.72. The predicted molar refractivity (Wildman–Crippen MR) is 55.8 cm³/mol. The minimum atomic E-state index is -0.163. The van der Waals surface area contributed by atoms with Crippen LogP contribution in [-0.2, 0) is 6.42 Å². The van der Waals surface area contributed by atoms with Crippen LogP contribution >= 0.6 is 0 Å². The van der Waals surface area contributed by atoms with Gasteiger partial charge < -0.3 is 0 Å². The van der Waals surface area contributed by atoms with Crippen LogP contribution in [0.4, 0.5) is 4.39 Å². The van der Waals surface area contributed by atoms with Crippen LogP contribution in [0.2, 0.25) is 0 Å². The number of halogens is 1. The van der Waals surface area contributed by atoms with Crippen molar-refractivity contribution >= 4 is 10.9 Å². The molecule has 72 valence electrons. The summed E-state index contributed by atoms with van der Waals surface area (Å²) in [4.78, 5) is 4.43. The molecule has 0 atom stereocenters. The highest BCUT2D eigenvalue weighted by Gasteiger charge is 2.03. The first kappa shape index (κ1) is 9.13. The van der Waals surface area contributed by atoms with Crippen LogP contribution in [0.5, 0.6) is 0 Å². The average Bonchev–Trinajstić information content (AvgIpc) is 2.23. The molecular weight excluding hydrogens is 177 g/mol. The third kappa shape index (κ3) is 1.37. The molecule has 0 amide bonds. The van der Waals surface area contributed by atoms with Gasteiger partial charge in [0, 0.05) is 11.1 Å². The zero-order valence-electron chi connectivity index (χ0n) is 8.34. The van der Waals surface area contributed by atoms with Gasteiger partial charge in [-0.2, -0.15) is 0 Å². The Morgan fingerprint density at radius 1 is 1.21 bits per heavy atom. The zero-order chi connectivity index (χ0) is 10.1. The number of aryl methyl sites for hydroxylation is 2. The van der Waals surface area contributed by atoms with E-state index in [9.17, 15) is 4.39 Å². The Labute approximate surface area is 82.6 Å². The standard InChI is InChI=1S/C12H12FN/c1-3-9-4-5-10-8(2)11(13)6-7-12(10)14-9/h4-7H,3H2,1-2H3. The van der Waals surface area contributed by atoms with Crippen LogP contribution in [0.25, 0.3) is 10.9 Å². The van der Waals surface area contributed by atoms with Gasteiger partial charge in [0.2, 0.25) is 0 Å². The normalized spacial score (nSPS) is 10.8. The van der Waals surface area contributed by atoms with Crippen molar-refractivity contribution in [2.24, 2.45) is 0 Å². The maximum Gasteiger partial charge on any atom is 0.126 e. The quantitative estimate of drug-likeness (QED) is 0.671. The molecule has 2 heteroatoms. The van der Waals surface area contributed by atoms with Gasteiger partial charge in [-0.3, -0.25) is 4.98 Å². The molecule has 2 rings (SSSR count). The van der Waals surface area contributed by atoms with Crippen LogP contribution in [0, 0.1) is 12.7 Å². The molecule has 1 heterocycles. The van der Waals surface area contributed by atoms with E-state index >= 15 is 0 Å². The van der Waals surface area contributed by atoms with E-state index in [0.29, 0.717) is 5.56 Å². The van der Waals surface area contributed by atoms with Gasteiger partial charge in [0.1, 0.15) is 5.82 Å². The summed E-state index contributed by atoms with van der Waals surface area (Å²) in [7, 11) is 0. The lowest BCUT2D eigenvalue weighted by atomic mass is 10.1. The largest absolute Gasteiger partial charge is 0.253 e. The summed E-state index contributed by atoms with van der Waals surface area (Å²) >= 11 is 0. The maximum absolute atomic E-state index is 13.2. The lowest BCUT2D eigenvalue weighted by Gasteiger charge is -2.04. The lowest BCUT2D eigenvalue weighted by Crippen LogP contribution is -1.91. The summed E-state index contributed by atoms with van der Waals surface area (Å²) in [5.41, 5.74) is 2.60. The first-order valence-electron chi connectivity index (χ1n) is 4.77. The highest BCUT2D eigenvalue weighted by molar-refractivity contribution is 5.82. The van der Waals surface area contributed by atoms with Gasteiger partial charge in [0.05, 0.1) is 5.52 Å². The Bertz CT molecular complexity index is 477. The Kier molecular flexibility index (Phi) is 2.20. The van der Waals surface area contributed by atoms with Crippen LogP contribution in [0.1, 0.15) is 18.2 Å². The van der Waals surface area contributed by atoms with Gasteiger partial charge in [0.15, 0.2) is 0 Å². The topological polar surface area (TPSA) is 12.9 Å². The van der Waals surface area contributed by atoms with E-state index in [1.54, 1.807) is 13.0 Å². The number of pyridine rings is 1. The number of hydrogen-bond donors (Lipinski definition) is 0. The van der Waals surface area contributed by atoms with Crippen molar-refractivity contribution in [1.29, 1.82) is 0 Å². The van der Waals surface area contributed by atoms with E-state index in [2.05, 4.69) is 11.9 Å². The number of rotatable bonds is 1. The fraction of sp³-hybridized carbons (Fsp3) is 0.250. The van der Waals surface area contributed by atoms with E-state index in [0.717, 1.165) is 23.0 Å². The molecule has 14 heavy (non-hydrogen) atoms. The molecule has 0 unspecified atom stereocenters. The average molecular weight is 189 g/mol. The van der Waals surface area contributed by atoms with Crippen LogP contribution in [-0.4, -0.2) is 4.98 Å². The molecular formula is C12H12FN. The van der Waals surface area contributed by atoms with Crippen molar-refractivity contribution < 1.29 is 4.39 Å². The molecule has 0 bridgehead atoms. The van der Waals surface area contributed by atoms with Gasteiger partial charge in [-0.15, -0.1) is 0 Å². The number of benzene rings is 1. The number of aromatic nitrogens is 1. The predicted octanol–water partition coefficient (Wildman–Crippen LogP) is 3.24. The second-order valence-electron chi connectivity index (χ2n) is 3.40. The number of fused-ring (bicyclic) bond motifs is 1. The molecule has 1 nitrogen and oxygen atoms in total. The van der Waals surface area contributed by atoms with E-state index in [-0.39, 0.29) is 5.82 Å². The third-order valence-electron chi connectivity index (χ3n) is 2.49. The molecule has 0 saturated heterocycles. The second-order valence-corrected chi connectivity index (χ2v) is 3.40. The smallest absolute Gasteiger partial charge is 0.126 e. The Balaban J connectivity index is 2.74. The molecule has 0 aliphatic carbocycles. The van der Waals surface area contributed by atoms with Crippen molar-refractivity contribution in [3.8, 4) is 0 Å². The number of nitrogens with zero attached hydrogens (tertiary/aromatic N) is 1. The molecule has 0 spiro atoms. The first-order valence-corrected chi connectivity index (χ1v) is 4.77. The molecule has 1 aromatic heterocycles. The van der Waals surface area contributed by atoms with E-state index < -0.39 is 0 Å². The minimum Gasteiger partial charge on any atom is -0.253 e. The SMILES string of the molecule is CCc1ccc2c(C)c(F)ccc2n1.